The number of nitrogens with two attached hydrogens (primary N) is 1. The number of carboxylic acid groups (broad SMARTS) is 1. The lowest BCUT2D eigenvalue weighted by Gasteiger charge is -2.27. The number of aliphatic carboxylic acids is 1. The van der Waals surface area contributed by atoms with Crippen LogP contribution in [0.15, 0.2) is 125 Å². The molecule has 5 aromatic carbocycles. The molecule has 1 aromatic heterocycles. The van der Waals surface area contributed by atoms with Gasteiger partial charge in [0.15, 0.2) is 5.82 Å². The van der Waals surface area contributed by atoms with Crippen molar-refractivity contribution in [3.63, 3.8) is 0 Å². The Balaban J connectivity index is 0.798. The molecular formula is C74H99F2N19O16S2. The van der Waals surface area contributed by atoms with Crippen LogP contribution in [-0.4, -0.2) is 221 Å². The molecule has 1 aliphatic heterocycles. The Hall–Kier alpha value is -11.4. The van der Waals surface area contributed by atoms with Crippen LogP contribution in [0.1, 0.15) is 76.5 Å². The first kappa shape index (κ1) is 88.8. The Labute approximate surface area is 654 Å². The second-order valence-corrected chi connectivity index (χ2v) is 31.1. The van der Waals surface area contributed by atoms with Crippen molar-refractivity contribution in [3.8, 4) is 22.8 Å². The molecule has 0 radical (unpaired) electrons. The van der Waals surface area contributed by atoms with E-state index in [-0.39, 0.29) is 89.7 Å². The van der Waals surface area contributed by atoms with Gasteiger partial charge in [0, 0.05) is 105 Å². The van der Waals surface area contributed by atoms with E-state index in [1.54, 1.807) is 56.1 Å². The average molecular weight is 1610 g/mol. The van der Waals surface area contributed by atoms with Crippen LogP contribution in [0.2, 0.25) is 0 Å². The molecule has 0 aliphatic carbocycles. The number of carbonyl (C=O) groups excluding carboxylic acids is 8. The number of primary amides is 1. The van der Waals surface area contributed by atoms with Crippen LogP contribution >= 0.6 is 0 Å². The fraction of sp³-hybridized carbons (Fsp3) is 0.419. The Morgan fingerprint density at radius 2 is 1.35 bits per heavy atom. The number of urea groups is 4. The van der Waals surface area contributed by atoms with Crippen LogP contribution < -0.4 is 78.4 Å². The van der Waals surface area contributed by atoms with Crippen LogP contribution in [0.5, 0.6) is 11.5 Å². The molecule has 7 rings (SSSR count). The van der Waals surface area contributed by atoms with Gasteiger partial charge in [-0.05, 0) is 149 Å². The fourth-order valence-electron chi connectivity index (χ4n) is 11.1. The Morgan fingerprint density at radius 3 is 2.04 bits per heavy atom. The van der Waals surface area contributed by atoms with Gasteiger partial charge in [-0.2, -0.15) is 4.36 Å². The number of fused-ring (bicyclic) bond motifs is 6. The molecule has 0 saturated heterocycles. The second-order valence-electron chi connectivity index (χ2n) is 27.0. The van der Waals surface area contributed by atoms with Crippen molar-refractivity contribution in [1.82, 2.24) is 61.9 Å². The van der Waals surface area contributed by atoms with Crippen molar-refractivity contribution in [2.75, 3.05) is 139 Å². The molecule has 4 unspecified atom stereocenters. The number of sulfonamides is 1. The minimum atomic E-state index is -4.19. The van der Waals surface area contributed by atoms with E-state index in [0.717, 1.165) is 12.3 Å². The predicted octanol–water partition coefficient (Wildman–Crippen LogP) is 6.29. The van der Waals surface area contributed by atoms with Crippen molar-refractivity contribution >= 4 is 108 Å². The summed E-state index contributed by atoms with van der Waals surface area (Å²) < 4.78 is 93.7. The molecule has 612 valence electrons. The number of nitrogens with one attached hydrogen (secondary N) is 12. The molecule has 2 heterocycles. The van der Waals surface area contributed by atoms with Crippen molar-refractivity contribution < 1.29 is 83.9 Å². The van der Waals surface area contributed by atoms with Crippen LogP contribution in [0.3, 0.4) is 0 Å². The van der Waals surface area contributed by atoms with Gasteiger partial charge in [-0.1, -0.05) is 39.0 Å². The maximum atomic E-state index is 15.2. The lowest BCUT2D eigenvalue weighted by Crippen LogP contribution is -2.56. The summed E-state index contributed by atoms with van der Waals surface area (Å²) in [6.07, 6.45) is 3.61. The van der Waals surface area contributed by atoms with E-state index >= 15 is 4.39 Å². The van der Waals surface area contributed by atoms with Crippen molar-refractivity contribution in [1.29, 1.82) is 0 Å². The summed E-state index contributed by atoms with van der Waals surface area (Å²) in [7, 11) is -1.91. The summed E-state index contributed by atoms with van der Waals surface area (Å²) in [4.78, 5) is 130. The molecule has 0 spiro atoms. The number of ether oxygens (including phenoxy) is 3. The van der Waals surface area contributed by atoms with E-state index in [2.05, 4.69) is 82.4 Å². The summed E-state index contributed by atoms with van der Waals surface area (Å²) in [5.41, 5.74) is 7.45. The highest BCUT2D eigenvalue weighted by molar-refractivity contribution is 7.93. The zero-order chi connectivity index (χ0) is 82.2. The minimum absolute atomic E-state index is 0.00623. The van der Waals surface area contributed by atoms with Gasteiger partial charge in [0.05, 0.1) is 58.8 Å². The second kappa shape index (κ2) is 44.0. The number of rotatable bonds is 38. The number of hydrogen-bond acceptors (Lipinski definition) is 21. The van der Waals surface area contributed by atoms with Gasteiger partial charge in [0.2, 0.25) is 23.7 Å². The zero-order valence-electron chi connectivity index (χ0n) is 63.8. The van der Waals surface area contributed by atoms with Gasteiger partial charge >= 0.3 is 30.1 Å². The largest absolute Gasteiger partial charge is 0.494 e. The highest BCUT2D eigenvalue weighted by Crippen LogP contribution is 2.34. The molecular weight excluding hydrogens is 1510 g/mol. The zero-order valence-corrected chi connectivity index (χ0v) is 65.5. The van der Waals surface area contributed by atoms with Gasteiger partial charge in [-0.15, -0.1) is 0 Å². The summed E-state index contributed by atoms with van der Waals surface area (Å²) >= 11 is 0. The van der Waals surface area contributed by atoms with E-state index in [1.807, 2.05) is 25.9 Å². The van der Waals surface area contributed by atoms with Gasteiger partial charge in [0.1, 0.15) is 48.4 Å². The number of hydrogen-bond donors (Lipinski definition) is 14. The maximum Gasteiger partial charge on any atom is 0.319 e. The number of likely N-dealkylation sites (N-methyl/N-ethyl adjacent to an activating group) is 3. The van der Waals surface area contributed by atoms with E-state index < -0.39 is 129 Å². The number of amides is 12. The standard InChI is InChI=1S/C74H99F2N19O16S2/c1-8-25-79-72(103)86-53-15-12-17-57(40-53)113(107,108)91-54-16-11-14-49(37-54)61(41-65(98)99)88-74(105)85-52-22-20-51(21-23-52)84-73(104)80-27-28-93(4)29-30-94(5)31-32-95(6)43-63(96)89-66(47(2)3)69(101)87-60(18-13-26-78-70(77)102)68(100)82-46-109-44-64(97)92-112(7,106)45-48-35-55-39-56(36-48)110-33-9-10-34-111-62-38-50(75)19-24-58(62)67-59(76)42-81-71(83-55)90-67/h11-12,14-17,19-24,35-40,42,47,60-61,66,91H,8-10,13,18,25-34,41,43-46H2,1-7H3,(H,82,100)(H,87,101)(H,89,96)(H,98,99)(H3,77,78,102)(H2,79,86,103)(H2,80,84,104)(H,81,83,90)(H2,85,88,105). The lowest BCUT2D eigenvalue weighted by atomic mass is 10.0. The molecule has 4 atom stereocenters. The predicted molar refractivity (Wildman–Crippen MR) is 421 cm³/mol. The lowest BCUT2D eigenvalue weighted by molar-refractivity contribution is -0.137. The smallest absolute Gasteiger partial charge is 0.319 e. The van der Waals surface area contributed by atoms with Gasteiger partial charge in [-0.25, -0.2) is 50.6 Å². The average Bonchev–Trinajstić information content (AvgIpc) is 1.26. The molecule has 12 amide bonds. The highest BCUT2D eigenvalue weighted by Gasteiger charge is 2.30. The third-order valence-electron chi connectivity index (χ3n) is 16.9. The summed E-state index contributed by atoms with van der Waals surface area (Å²) in [6.45, 7) is 8.03. The topological polar surface area (TPSA) is 471 Å². The number of halogens is 2. The normalized spacial score (nSPS) is 13.4. The summed E-state index contributed by atoms with van der Waals surface area (Å²) in [5.74, 6) is -5.58. The molecule has 15 N–H and O–H groups in total. The first-order chi connectivity index (χ1) is 53.8. The van der Waals surface area contributed by atoms with Gasteiger partial charge < -0.3 is 93.3 Å². The first-order valence-corrected chi connectivity index (χ1v) is 39.8. The molecule has 0 fully saturated rings. The molecule has 1 aliphatic rings. The van der Waals surface area contributed by atoms with Gasteiger partial charge in [-0.3, -0.25) is 33.6 Å². The fourth-order valence-corrected chi connectivity index (χ4v) is 13.6. The summed E-state index contributed by atoms with van der Waals surface area (Å²) in [5, 5.41) is 39.2. The maximum absolute atomic E-state index is 15.2. The third kappa shape index (κ3) is 31.4. The van der Waals surface area contributed by atoms with E-state index in [0.29, 0.717) is 93.5 Å². The van der Waals surface area contributed by atoms with E-state index in [1.165, 1.54) is 79.1 Å². The molecule has 0 saturated carbocycles. The number of nitrogens with zero attached hydrogens (tertiary/aromatic N) is 6. The number of anilines is 6. The van der Waals surface area contributed by atoms with E-state index in [4.69, 9.17) is 19.9 Å². The van der Waals surface area contributed by atoms with Crippen LogP contribution in [0, 0.1) is 17.6 Å². The molecule has 113 heavy (non-hydrogen) atoms. The quantitative estimate of drug-likeness (QED) is 0.0149. The summed E-state index contributed by atoms with van der Waals surface area (Å²) in [6, 6.07) is 20.3. The molecule has 35 nitrogen and oxygen atoms in total. The van der Waals surface area contributed by atoms with Gasteiger partial charge in [0.25, 0.3) is 15.9 Å². The first-order valence-electron chi connectivity index (χ1n) is 36.3. The van der Waals surface area contributed by atoms with Crippen molar-refractivity contribution in [3.05, 3.63) is 138 Å². The highest BCUT2D eigenvalue weighted by atomic mass is 32.2. The third-order valence-corrected chi connectivity index (χ3v) is 19.7. The Kier molecular flexibility index (Phi) is 34.6. The van der Waals surface area contributed by atoms with Crippen LogP contribution in [-0.2, 0) is 54.2 Å². The molecule has 39 heteroatoms. The number of carbonyl (C=O) groups is 9. The SMILES string of the molecule is CCCNC(=O)Nc1cccc(S(=O)(=O)Nc2cccc(C(CC(=O)O)NC(=O)Nc3ccc(NC(=O)NCCN(C)CCN(C)CCN(C)CC(=O)NC(C(=O)NC(CCCNC(N)=O)C(=O)NCOCC(=O)N=S(C)(=O)Cc4cc5cc(c4)OCCCCOc4cc(F)ccc4-c4nc(ncc4F)N5)C(C)C)cc3)c2)c1. The molecule has 4 bridgehead atoms. The van der Waals surface area contributed by atoms with Crippen LogP contribution in [0.4, 0.5) is 62.3 Å². The molecule has 6 aromatic rings. The number of benzene rings is 5. The van der Waals surface area contributed by atoms with Crippen molar-refractivity contribution in [2.24, 2.45) is 16.0 Å². The van der Waals surface area contributed by atoms with Crippen LogP contribution in [0.25, 0.3) is 11.3 Å². The Bertz CT molecular complexity index is 4540. The minimum Gasteiger partial charge on any atom is -0.494 e. The van der Waals surface area contributed by atoms with E-state index in [9.17, 15) is 65.3 Å². The van der Waals surface area contributed by atoms with Crippen molar-refractivity contribution in [2.45, 2.75) is 88.1 Å². The Morgan fingerprint density at radius 1 is 0.699 bits per heavy atom. The number of carboxylic acids is 1. The monoisotopic (exact) mass is 1610 g/mol. The number of aromatic nitrogens is 2.